The zero-order chi connectivity index (χ0) is 19.3. The number of nitrogens with zero attached hydrogens (tertiary/aromatic N) is 3. The van der Waals surface area contributed by atoms with Crippen LogP contribution in [-0.4, -0.2) is 58.3 Å². The maximum atomic E-state index is 13.5. The SMILES string of the molecule is Cc1nc2ccc(F)cc2cc1C(=O)N1CCC2(CC1)NC(=O)N(C)C2=O. The van der Waals surface area contributed by atoms with Crippen molar-refractivity contribution in [1.82, 2.24) is 20.1 Å². The normalized spacial score (nSPS) is 19.1. The molecule has 4 amide bonds. The zero-order valence-electron chi connectivity index (χ0n) is 15.1. The molecule has 1 N–H and O–H groups in total. The monoisotopic (exact) mass is 370 g/mol. The number of pyridine rings is 1. The molecule has 1 aromatic carbocycles. The third-order valence-electron chi connectivity index (χ3n) is 5.47. The first-order valence-corrected chi connectivity index (χ1v) is 8.77. The average molecular weight is 370 g/mol. The molecule has 0 atom stereocenters. The number of likely N-dealkylation sites (N-methyl/N-ethyl adjacent to an activating group) is 1. The van der Waals surface area contributed by atoms with E-state index in [2.05, 4.69) is 10.3 Å². The number of carbonyl (C=O) groups excluding carboxylic acids is 3. The summed E-state index contributed by atoms with van der Waals surface area (Å²) < 4.78 is 13.5. The number of hydrogen-bond donors (Lipinski definition) is 1. The fourth-order valence-corrected chi connectivity index (χ4v) is 3.82. The van der Waals surface area contributed by atoms with Crippen LogP contribution >= 0.6 is 0 Å². The van der Waals surface area contributed by atoms with E-state index in [1.807, 2.05) is 0 Å². The van der Waals surface area contributed by atoms with E-state index in [4.69, 9.17) is 0 Å². The van der Waals surface area contributed by atoms with Gasteiger partial charge in [-0.3, -0.25) is 19.5 Å². The Balaban J connectivity index is 1.56. The van der Waals surface area contributed by atoms with E-state index >= 15 is 0 Å². The van der Waals surface area contributed by atoms with Crippen molar-refractivity contribution in [3.8, 4) is 0 Å². The third kappa shape index (κ3) is 2.72. The molecular formula is C19H19FN4O3. The van der Waals surface area contributed by atoms with Crippen LogP contribution in [0.15, 0.2) is 24.3 Å². The van der Waals surface area contributed by atoms with Crippen LogP contribution in [0.5, 0.6) is 0 Å². The molecule has 0 unspecified atom stereocenters. The maximum absolute atomic E-state index is 13.5. The summed E-state index contributed by atoms with van der Waals surface area (Å²) in [5, 5.41) is 3.32. The van der Waals surface area contributed by atoms with E-state index in [-0.39, 0.29) is 17.6 Å². The molecule has 0 bridgehead atoms. The number of aromatic nitrogens is 1. The highest BCUT2D eigenvalue weighted by Gasteiger charge is 2.51. The molecule has 4 rings (SSSR count). The molecule has 1 aromatic heterocycles. The zero-order valence-corrected chi connectivity index (χ0v) is 15.1. The molecule has 8 heteroatoms. The van der Waals surface area contributed by atoms with Gasteiger partial charge >= 0.3 is 6.03 Å². The van der Waals surface area contributed by atoms with E-state index < -0.39 is 11.6 Å². The van der Waals surface area contributed by atoms with Crippen molar-refractivity contribution in [2.75, 3.05) is 20.1 Å². The van der Waals surface area contributed by atoms with Crippen molar-refractivity contribution in [2.45, 2.75) is 25.3 Å². The lowest BCUT2D eigenvalue weighted by molar-refractivity contribution is -0.131. The van der Waals surface area contributed by atoms with Gasteiger partial charge in [0.25, 0.3) is 11.8 Å². The highest BCUT2D eigenvalue weighted by Crippen LogP contribution is 2.30. The minimum atomic E-state index is -0.914. The predicted octanol–water partition coefficient (Wildman–Crippen LogP) is 1.84. The highest BCUT2D eigenvalue weighted by molar-refractivity contribution is 6.07. The van der Waals surface area contributed by atoms with Gasteiger partial charge < -0.3 is 10.2 Å². The summed E-state index contributed by atoms with van der Waals surface area (Å²) in [6, 6.07) is 5.53. The van der Waals surface area contributed by atoms with Crippen LogP contribution in [0.4, 0.5) is 9.18 Å². The molecule has 2 aliphatic heterocycles. The number of nitrogens with one attached hydrogen (secondary N) is 1. The second-order valence-corrected chi connectivity index (χ2v) is 7.13. The number of rotatable bonds is 1. The first kappa shape index (κ1) is 17.4. The Morgan fingerprint density at radius 2 is 1.93 bits per heavy atom. The average Bonchev–Trinajstić information content (AvgIpc) is 2.85. The lowest BCUT2D eigenvalue weighted by Crippen LogP contribution is -2.55. The third-order valence-corrected chi connectivity index (χ3v) is 5.47. The minimum absolute atomic E-state index is 0.203. The Morgan fingerprint density at radius 3 is 2.56 bits per heavy atom. The van der Waals surface area contributed by atoms with Gasteiger partial charge in [-0.2, -0.15) is 0 Å². The van der Waals surface area contributed by atoms with Gasteiger partial charge in [-0.25, -0.2) is 9.18 Å². The molecule has 2 fully saturated rings. The minimum Gasteiger partial charge on any atom is -0.338 e. The first-order chi connectivity index (χ1) is 12.8. The Hall–Kier alpha value is -3.03. The van der Waals surface area contributed by atoms with E-state index in [1.165, 1.54) is 19.2 Å². The number of urea groups is 1. The molecule has 2 saturated heterocycles. The topological polar surface area (TPSA) is 82.6 Å². The van der Waals surface area contributed by atoms with Crippen LogP contribution in [0, 0.1) is 12.7 Å². The molecule has 2 aromatic rings. The van der Waals surface area contributed by atoms with Crippen molar-refractivity contribution < 1.29 is 18.8 Å². The summed E-state index contributed by atoms with van der Waals surface area (Å²) in [5.41, 5.74) is 0.709. The van der Waals surface area contributed by atoms with Gasteiger partial charge in [0.2, 0.25) is 0 Å². The number of hydrogen-bond acceptors (Lipinski definition) is 4. The summed E-state index contributed by atoms with van der Waals surface area (Å²) in [6.07, 6.45) is 0.727. The Kier molecular flexibility index (Phi) is 3.87. The number of carbonyl (C=O) groups is 3. The summed E-state index contributed by atoms with van der Waals surface area (Å²) in [5.74, 6) is -0.837. The van der Waals surface area contributed by atoms with Gasteiger partial charge in [-0.15, -0.1) is 0 Å². The van der Waals surface area contributed by atoms with Crippen molar-refractivity contribution in [3.63, 3.8) is 0 Å². The molecule has 3 heterocycles. The Morgan fingerprint density at radius 1 is 1.22 bits per heavy atom. The molecule has 0 aliphatic carbocycles. The Bertz CT molecular complexity index is 982. The van der Waals surface area contributed by atoms with Crippen LogP contribution in [0.1, 0.15) is 28.9 Å². The van der Waals surface area contributed by atoms with Gasteiger partial charge in [0.05, 0.1) is 16.8 Å². The molecule has 1 spiro atoms. The molecule has 7 nitrogen and oxygen atoms in total. The number of piperidine rings is 1. The van der Waals surface area contributed by atoms with Crippen molar-refractivity contribution in [3.05, 3.63) is 41.3 Å². The number of aryl methyl sites for hydroxylation is 1. The predicted molar refractivity (Wildman–Crippen MR) is 95.6 cm³/mol. The number of fused-ring (bicyclic) bond motifs is 1. The van der Waals surface area contributed by atoms with E-state index in [0.29, 0.717) is 48.1 Å². The number of likely N-dealkylation sites (tertiary alicyclic amines) is 1. The van der Waals surface area contributed by atoms with Crippen molar-refractivity contribution in [1.29, 1.82) is 0 Å². The molecule has 0 radical (unpaired) electrons. The first-order valence-electron chi connectivity index (χ1n) is 8.77. The van der Waals surface area contributed by atoms with Crippen LogP contribution in [0.3, 0.4) is 0 Å². The van der Waals surface area contributed by atoms with Crippen LogP contribution < -0.4 is 5.32 Å². The van der Waals surface area contributed by atoms with E-state index in [1.54, 1.807) is 24.0 Å². The lowest BCUT2D eigenvalue weighted by atomic mass is 9.87. The summed E-state index contributed by atoms with van der Waals surface area (Å²) in [7, 11) is 1.45. The van der Waals surface area contributed by atoms with Crippen LogP contribution in [-0.2, 0) is 4.79 Å². The fourth-order valence-electron chi connectivity index (χ4n) is 3.82. The largest absolute Gasteiger partial charge is 0.338 e. The summed E-state index contributed by atoms with van der Waals surface area (Å²) in [4.78, 5) is 44.2. The van der Waals surface area contributed by atoms with Crippen molar-refractivity contribution in [2.24, 2.45) is 0 Å². The van der Waals surface area contributed by atoms with E-state index in [9.17, 15) is 18.8 Å². The number of amides is 4. The summed E-state index contributed by atoms with van der Waals surface area (Å²) in [6.45, 7) is 2.44. The number of halogens is 1. The second-order valence-electron chi connectivity index (χ2n) is 7.13. The molecule has 0 saturated carbocycles. The van der Waals surface area contributed by atoms with E-state index in [0.717, 1.165) is 4.90 Å². The van der Waals surface area contributed by atoms with Gasteiger partial charge in [0.15, 0.2) is 0 Å². The van der Waals surface area contributed by atoms with Gasteiger partial charge in [-0.05, 0) is 44.0 Å². The Labute approximate surface area is 155 Å². The molecule has 2 aliphatic rings. The van der Waals surface area contributed by atoms with Crippen LogP contribution in [0.2, 0.25) is 0 Å². The number of benzene rings is 1. The van der Waals surface area contributed by atoms with Gasteiger partial charge in [0, 0.05) is 25.5 Å². The molecule has 27 heavy (non-hydrogen) atoms. The number of imide groups is 1. The molecular weight excluding hydrogens is 351 g/mol. The highest BCUT2D eigenvalue weighted by atomic mass is 19.1. The lowest BCUT2D eigenvalue weighted by Gasteiger charge is -2.37. The second kappa shape index (κ2) is 6.00. The quantitative estimate of drug-likeness (QED) is 0.777. The van der Waals surface area contributed by atoms with Gasteiger partial charge in [-0.1, -0.05) is 0 Å². The van der Waals surface area contributed by atoms with Crippen molar-refractivity contribution >= 4 is 28.7 Å². The fraction of sp³-hybridized carbons (Fsp3) is 0.368. The molecule has 140 valence electrons. The standard InChI is InChI=1S/C19H19FN4O3/c1-11-14(10-12-9-13(20)3-4-15(12)21-11)16(25)24-7-5-19(6-8-24)17(26)23(2)18(27)22-19/h3-4,9-10H,5-8H2,1-2H3,(H,22,27). The van der Waals surface area contributed by atoms with Gasteiger partial charge in [0.1, 0.15) is 11.4 Å². The smallest absolute Gasteiger partial charge is 0.324 e. The van der Waals surface area contributed by atoms with Crippen LogP contribution in [0.25, 0.3) is 10.9 Å². The summed E-state index contributed by atoms with van der Waals surface area (Å²) >= 11 is 0. The maximum Gasteiger partial charge on any atom is 0.324 e.